The second kappa shape index (κ2) is 8.54. The molecule has 0 N–H and O–H groups in total. The van der Waals surface area contributed by atoms with Crippen molar-refractivity contribution in [3.8, 4) is 5.75 Å². The fourth-order valence-corrected chi connectivity index (χ4v) is 3.19. The van der Waals surface area contributed by atoms with Gasteiger partial charge in [-0.25, -0.2) is 4.79 Å². The van der Waals surface area contributed by atoms with Gasteiger partial charge < -0.3 is 9.47 Å². The zero-order valence-corrected chi connectivity index (χ0v) is 15.0. The predicted octanol–water partition coefficient (Wildman–Crippen LogP) is 2.68. The molecule has 0 heterocycles. The number of methoxy groups -OCH3 is 2. The van der Waals surface area contributed by atoms with E-state index in [1.54, 1.807) is 24.3 Å². The molecule has 132 valence electrons. The van der Waals surface area contributed by atoms with Gasteiger partial charge in [0.15, 0.2) is 0 Å². The topological polar surface area (TPSA) is 91.3 Å². The second-order valence-electron chi connectivity index (χ2n) is 4.51. The van der Waals surface area contributed by atoms with E-state index in [0.717, 1.165) is 11.8 Å². The third-order valence-corrected chi connectivity index (χ3v) is 4.95. The van der Waals surface area contributed by atoms with Crippen LogP contribution < -0.4 is 4.74 Å². The van der Waals surface area contributed by atoms with E-state index < -0.39 is 16.1 Å². The molecule has 9 heteroatoms. The van der Waals surface area contributed by atoms with Gasteiger partial charge >= 0.3 is 16.1 Å². The molecule has 2 aromatic rings. The summed E-state index contributed by atoms with van der Waals surface area (Å²) in [4.78, 5) is 12.3. The van der Waals surface area contributed by atoms with Crippen molar-refractivity contribution >= 4 is 32.9 Å². The summed E-state index contributed by atoms with van der Waals surface area (Å²) < 4.78 is 38.5. The summed E-state index contributed by atoms with van der Waals surface area (Å²) in [7, 11) is -1.54. The summed E-state index contributed by atoms with van der Waals surface area (Å²) in [6.45, 7) is 0. The van der Waals surface area contributed by atoms with Crippen molar-refractivity contribution in [3.63, 3.8) is 0 Å². The highest BCUT2D eigenvalue weighted by Gasteiger charge is 2.20. The average Bonchev–Trinajstić information content (AvgIpc) is 2.65. The van der Waals surface area contributed by atoms with Crippen molar-refractivity contribution in [2.24, 2.45) is 5.16 Å². The third-order valence-electron chi connectivity index (χ3n) is 2.88. The van der Waals surface area contributed by atoms with Crippen molar-refractivity contribution in [2.45, 2.75) is 9.79 Å². The minimum Gasteiger partial charge on any atom is -0.497 e. The zero-order chi connectivity index (χ0) is 18.3. The van der Waals surface area contributed by atoms with Gasteiger partial charge in [0.1, 0.15) is 10.6 Å². The fraction of sp³-hybridized carbons (Fsp3) is 0.125. The van der Waals surface area contributed by atoms with Crippen LogP contribution in [-0.4, -0.2) is 33.7 Å². The number of hydrogen-bond donors (Lipinski definition) is 0. The molecule has 25 heavy (non-hydrogen) atoms. The highest BCUT2D eigenvalue weighted by Crippen LogP contribution is 2.22. The number of carbonyl (C=O) groups is 1. The lowest BCUT2D eigenvalue weighted by Gasteiger charge is -2.06. The minimum atomic E-state index is -4.18. The van der Waals surface area contributed by atoms with Gasteiger partial charge in [-0.1, -0.05) is 35.1 Å². The van der Waals surface area contributed by atoms with Crippen LogP contribution in [0.4, 0.5) is 0 Å². The summed E-state index contributed by atoms with van der Waals surface area (Å²) in [5.41, 5.74) is 0. The molecule has 0 saturated heterocycles. The van der Waals surface area contributed by atoms with Crippen LogP contribution in [0.25, 0.3) is 0 Å². The van der Waals surface area contributed by atoms with Crippen molar-refractivity contribution in [1.29, 1.82) is 0 Å². The van der Waals surface area contributed by atoms with Gasteiger partial charge in [-0.15, -0.1) is 0 Å². The van der Waals surface area contributed by atoms with E-state index in [4.69, 9.17) is 4.74 Å². The summed E-state index contributed by atoms with van der Waals surface area (Å²) in [5, 5.41) is 3.22. The normalized spacial score (nSPS) is 11.7. The largest absolute Gasteiger partial charge is 0.497 e. The molecule has 0 bridgehead atoms. The van der Waals surface area contributed by atoms with Crippen LogP contribution in [0.5, 0.6) is 5.75 Å². The maximum absolute atomic E-state index is 12.2. The van der Waals surface area contributed by atoms with Crippen LogP contribution in [0.1, 0.15) is 0 Å². The Morgan fingerprint density at radius 1 is 1.00 bits per heavy atom. The lowest BCUT2D eigenvalue weighted by Crippen LogP contribution is -2.14. The molecule has 0 aliphatic rings. The van der Waals surface area contributed by atoms with Crippen LogP contribution in [0.2, 0.25) is 0 Å². The maximum Gasteiger partial charge on any atom is 0.367 e. The highest BCUT2D eigenvalue weighted by atomic mass is 32.2. The van der Waals surface area contributed by atoms with E-state index in [9.17, 15) is 13.2 Å². The van der Waals surface area contributed by atoms with Crippen LogP contribution >= 0.6 is 11.8 Å². The van der Waals surface area contributed by atoms with Gasteiger partial charge in [-0.05, 0) is 36.4 Å². The first-order chi connectivity index (χ1) is 12.0. The Morgan fingerprint density at radius 3 is 2.20 bits per heavy atom. The molecule has 0 saturated carbocycles. The predicted molar refractivity (Wildman–Crippen MR) is 93.0 cm³/mol. The molecular formula is C16H15NO6S2. The Morgan fingerprint density at radius 2 is 1.64 bits per heavy atom. The molecule has 0 atom stereocenters. The van der Waals surface area contributed by atoms with Gasteiger partial charge in [0.05, 0.1) is 14.2 Å². The van der Waals surface area contributed by atoms with E-state index in [1.165, 1.54) is 38.5 Å². The monoisotopic (exact) mass is 381 g/mol. The molecule has 2 rings (SSSR count). The van der Waals surface area contributed by atoms with Crippen LogP contribution in [0, 0.1) is 0 Å². The SMILES string of the molecule is COC(=O)/C(=N/OS(=O)(=O)c1ccc(OC)cc1)Sc1ccccc1. The molecule has 0 fully saturated rings. The molecule has 0 aliphatic carbocycles. The Balaban J connectivity index is 2.22. The molecular weight excluding hydrogens is 366 g/mol. The number of nitrogens with zero attached hydrogens (tertiary/aromatic N) is 1. The molecule has 0 aliphatic heterocycles. The Labute approximate surface area is 149 Å². The van der Waals surface area contributed by atoms with E-state index in [-0.39, 0.29) is 9.94 Å². The van der Waals surface area contributed by atoms with Crippen molar-refractivity contribution < 1.29 is 27.0 Å². The van der Waals surface area contributed by atoms with Gasteiger partial charge in [-0.2, -0.15) is 8.42 Å². The zero-order valence-electron chi connectivity index (χ0n) is 13.4. The van der Waals surface area contributed by atoms with Crippen LogP contribution in [-0.2, 0) is 23.9 Å². The summed E-state index contributed by atoms with van der Waals surface area (Å²) in [6, 6.07) is 14.4. The van der Waals surface area contributed by atoms with Gasteiger partial charge in [-0.3, -0.25) is 4.28 Å². The van der Waals surface area contributed by atoms with Crippen LogP contribution in [0.3, 0.4) is 0 Å². The second-order valence-corrected chi connectivity index (χ2v) is 7.10. The van der Waals surface area contributed by atoms with Gasteiger partial charge in [0.25, 0.3) is 0 Å². The third kappa shape index (κ3) is 5.23. The van der Waals surface area contributed by atoms with E-state index >= 15 is 0 Å². The summed E-state index contributed by atoms with van der Waals surface area (Å²) in [6.07, 6.45) is 0. The minimum absolute atomic E-state index is 0.119. The lowest BCUT2D eigenvalue weighted by atomic mass is 10.3. The molecule has 0 unspecified atom stereocenters. The Kier molecular flexibility index (Phi) is 6.43. The fourth-order valence-electron chi connectivity index (χ4n) is 1.65. The number of hydrogen-bond acceptors (Lipinski definition) is 8. The maximum atomic E-state index is 12.2. The number of esters is 1. The first-order valence-corrected chi connectivity index (χ1v) is 9.15. The average molecular weight is 381 g/mol. The molecule has 7 nitrogen and oxygen atoms in total. The molecule has 0 aromatic heterocycles. The van der Waals surface area contributed by atoms with E-state index in [1.807, 2.05) is 6.07 Å². The van der Waals surface area contributed by atoms with E-state index in [2.05, 4.69) is 14.2 Å². The number of thioether (sulfide) groups is 1. The number of oxime groups is 1. The van der Waals surface area contributed by atoms with Crippen molar-refractivity contribution in [3.05, 3.63) is 54.6 Å². The molecule has 0 spiro atoms. The number of rotatable bonds is 5. The summed E-state index contributed by atoms with van der Waals surface area (Å²) >= 11 is 0.929. The number of carbonyl (C=O) groups excluding carboxylic acids is 1. The van der Waals surface area contributed by atoms with Crippen LogP contribution in [0.15, 0.2) is 69.5 Å². The van der Waals surface area contributed by atoms with Crippen molar-refractivity contribution in [2.75, 3.05) is 14.2 Å². The Hall–Kier alpha value is -2.52. The number of benzene rings is 2. The highest BCUT2D eigenvalue weighted by molar-refractivity contribution is 8.15. The van der Waals surface area contributed by atoms with Gasteiger partial charge in [0, 0.05) is 4.90 Å². The number of ether oxygens (including phenoxy) is 2. The quantitative estimate of drug-likeness (QED) is 0.258. The first kappa shape index (κ1) is 18.8. The summed E-state index contributed by atoms with van der Waals surface area (Å²) in [5.74, 6) is -0.309. The first-order valence-electron chi connectivity index (χ1n) is 6.93. The Bertz CT molecular complexity index is 848. The lowest BCUT2D eigenvalue weighted by molar-refractivity contribution is -0.132. The van der Waals surface area contributed by atoms with Crippen molar-refractivity contribution in [1.82, 2.24) is 0 Å². The standard InChI is InChI=1S/C16H15NO6S2/c1-21-12-8-10-14(11-9-12)25(19,20)23-17-15(16(18)22-2)24-13-6-4-3-5-7-13/h3-11H,1-2H3/b17-15-. The van der Waals surface area contributed by atoms with Gasteiger partial charge in [0.2, 0.25) is 5.04 Å². The molecule has 0 amide bonds. The van der Waals surface area contributed by atoms with E-state index in [0.29, 0.717) is 10.6 Å². The smallest absolute Gasteiger partial charge is 0.367 e. The molecule has 2 aromatic carbocycles. The molecule has 0 radical (unpaired) electrons.